The molecular formula is C9H12ClF2N. The molecule has 1 aromatic carbocycles. The van der Waals surface area contributed by atoms with E-state index < -0.39 is 11.6 Å². The van der Waals surface area contributed by atoms with Crippen molar-refractivity contribution in [3.8, 4) is 0 Å². The fraction of sp³-hybridized carbons (Fsp3) is 0.333. The molecule has 0 heterocycles. The average Bonchev–Trinajstić information content (AvgIpc) is 2.08. The van der Waals surface area contributed by atoms with Crippen LogP contribution in [0.25, 0.3) is 0 Å². The van der Waals surface area contributed by atoms with E-state index in [0.717, 1.165) is 12.1 Å². The first-order valence-corrected chi connectivity index (χ1v) is 3.85. The molecule has 1 aromatic rings. The summed E-state index contributed by atoms with van der Waals surface area (Å²) in [6.45, 7) is 1.89. The van der Waals surface area contributed by atoms with Gasteiger partial charge in [-0.1, -0.05) is 13.0 Å². The van der Waals surface area contributed by atoms with Crippen LogP contribution in [0.3, 0.4) is 0 Å². The van der Waals surface area contributed by atoms with Gasteiger partial charge in [-0.3, -0.25) is 0 Å². The van der Waals surface area contributed by atoms with E-state index in [1.165, 1.54) is 6.07 Å². The summed E-state index contributed by atoms with van der Waals surface area (Å²) in [5, 5.41) is 0. The van der Waals surface area contributed by atoms with Gasteiger partial charge >= 0.3 is 0 Å². The van der Waals surface area contributed by atoms with Crippen LogP contribution in [0.2, 0.25) is 0 Å². The van der Waals surface area contributed by atoms with Crippen LogP contribution in [-0.4, -0.2) is 0 Å². The van der Waals surface area contributed by atoms with Crippen molar-refractivity contribution in [2.24, 2.45) is 5.73 Å². The van der Waals surface area contributed by atoms with Gasteiger partial charge in [0.05, 0.1) is 0 Å². The van der Waals surface area contributed by atoms with Gasteiger partial charge in [0.1, 0.15) is 0 Å². The number of halogens is 3. The van der Waals surface area contributed by atoms with E-state index in [0.29, 0.717) is 12.0 Å². The Labute approximate surface area is 82.4 Å². The van der Waals surface area contributed by atoms with Gasteiger partial charge < -0.3 is 5.73 Å². The van der Waals surface area contributed by atoms with E-state index in [-0.39, 0.29) is 18.4 Å². The van der Waals surface area contributed by atoms with Gasteiger partial charge in [-0.15, -0.1) is 12.4 Å². The van der Waals surface area contributed by atoms with Gasteiger partial charge in [0.25, 0.3) is 0 Å². The largest absolute Gasteiger partial charge is 0.324 e. The Hall–Kier alpha value is -0.670. The molecule has 0 radical (unpaired) electrons. The summed E-state index contributed by atoms with van der Waals surface area (Å²) in [5.74, 6) is -1.67. The van der Waals surface area contributed by atoms with Gasteiger partial charge in [-0.2, -0.15) is 0 Å². The maximum atomic E-state index is 12.6. The number of hydrogen-bond donors (Lipinski definition) is 1. The summed E-state index contributed by atoms with van der Waals surface area (Å²) in [7, 11) is 0. The lowest BCUT2D eigenvalue weighted by Gasteiger charge is -2.08. The van der Waals surface area contributed by atoms with Crippen LogP contribution in [0.5, 0.6) is 0 Å². The van der Waals surface area contributed by atoms with Crippen LogP contribution >= 0.6 is 12.4 Å². The van der Waals surface area contributed by atoms with Crippen molar-refractivity contribution in [3.63, 3.8) is 0 Å². The summed E-state index contributed by atoms with van der Waals surface area (Å²) < 4.78 is 25.1. The highest BCUT2D eigenvalue weighted by Gasteiger charge is 2.06. The van der Waals surface area contributed by atoms with E-state index in [9.17, 15) is 8.78 Å². The summed E-state index contributed by atoms with van der Waals surface area (Å²) in [6, 6.07) is 3.54. The van der Waals surface area contributed by atoms with Gasteiger partial charge in [0, 0.05) is 6.04 Å². The minimum absolute atomic E-state index is 0. The fourth-order valence-electron chi connectivity index (χ4n) is 0.979. The molecular weight excluding hydrogens is 196 g/mol. The van der Waals surface area contributed by atoms with Crippen molar-refractivity contribution < 1.29 is 8.78 Å². The Kier molecular flexibility index (Phi) is 4.88. The molecule has 0 saturated heterocycles. The second-order valence-electron chi connectivity index (χ2n) is 2.69. The highest BCUT2D eigenvalue weighted by atomic mass is 35.5. The Morgan fingerprint density at radius 2 is 1.92 bits per heavy atom. The summed E-state index contributed by atoms with van der Waals surface area (Å²) >= 11 is 0. The standard InChI is InChI=1S/C9H11F2N.ClH/c1-2-9(12)6-3-4-7(10)8(11)5-6;/h3-5,9H,2,12H2,1H3;1H. The third-order valence-electron chi connectivity index (χ3n) is 1.81. The van der Waals surface area contributed by atoms with E-state index in [1.54, 1.807) is 0 Å². The Bertz CT molecular complexity index is 278. The molecule has 0 aliphatic heterocycles. The molecule has 0 amide bonds. The molecule has 13 heavy (non-hydrogen) atoms. The Balaban J connectivity index is 0.00000144. The molecule has 0 saturated carbocycles. The zero-order valence-corrected chi connectivity index (χ0v) is 8.07. The predicted molar refractivity (Wildman–Crippen MR) is 50.8 cm³/mol. The molecule has 0 bridgehead atoms. The second kappa shape index (κ2) is 5.14. The van der Waals surface area contributed by atoms with Crippen molar-refractivity contribution in [3.05, 3.63) is 35.4 Å². The van der Waals surface area contributed by atoms with Crippen LogP contribution < -0.4 is 5.73 Å². The normalized spacial score (nSPS) is 12.0. The molecule has 0 spiro atoms. The van der Waals surface area contributed by atoms with E-state index in [4.69, 9.17) is 5.73 Å². The SMILES string of the molecule is CCC(N)c1ccc(F)c(F)c1.Cl. The molecule has 2 N–H and O–H groups in total. The monoisotopic (exact) mass is 207 g/mol. The van der Waals surface area contributed by atoms with Crippen molar-refractivity contribution in [1.82, 2.24) is 0 Å². The molecule has 1 rings (SSSR count). The molecule has 1 nitrogen and oxygen atoms in total. The zero-order valence-electron chi connectivity index (χ0n) is 7.26. The maximum Gasteiger partial charge on any atom is 0.159 e. The number of rotatable bonds is 2. The third-order valence-corrected chi connectivity index (χ3v) is 1.81. The quantitative estimate of drug-likeness (QED) is 0.793. The molecule has 0 aromatic heterocycles. The van der Waals surface area contributed by atoms with Crippen LogP contribution in [0, 0.1) is 11.6 Å². The lowest BCUT2D eigenvalue weighted by Crippen LogP contribution is -2.08. The predicted octanol–water partition coefficient (Wildman–Crippen LogP) is 2.80. The lowest BCUT2D eigenvalue weighted by molar-refractivity contribution is 0.504. The van der Waals surface area contributed by atoms with E-state index >= 15 is 0 Å². The van der Waals surface area contributed by atoms with Crippen LogP contribution in [0.1, 0.15) is 24.9 Å². The van der Waals surface area contributed by atoms with E-state index in [1.807, 2.05) is 6.92 Å². The minimum atomic E-state index is -0.837. The Morgan fingerprint density at radius 3 is 2.38 bits per heavy atom. The van der Waals surface area contributed by atoms with Gasteiger partial charge in [-0.05, 0) is 24.1 Å². The number of hydrogen-bond acceptors (Lipinski definition) is 1. The maximum absolute atomic E-state index is 12.6. The first kappa shape index (κ1) is 12.3. The summed E-state index contributed by atoms with van der Waals surface area (Å²) in [6.07, 6.45) is 0.713. The molecule has 4 heteroatoms. The minimum Gasteiger partial charge on any atom is -0.324 e. The van der Waals surface area contributed by atoms with Crippen molar-refractivity contribution in [2.75, 3.05) is 0 Å². The number of nitrogens with two attached hydrogens (primary N) is 1. The molecule has 0 fully saturated rings. The van der Waals surface area contributed by atoms with Crippen LogP contribution in [-0.2, 0) is 0 Å². The van der Waals surface area contributed by atoms with Crippen LogP contribution in [0.15, 0.2) is 18.2 Å². The molecule has 1 unspecified atom stereocenters. The Morgan fingerprint density at radius 1 is 1.31 bits per heavy atom. The molecule has 74 valence electrons. The smallest absolute Gasteiger partial charge is 0.159 e. The first-order valence-electron chi connectivity index (χ1n) is 3.85. The highest BCUT2D eigenvalue weighted by molar-refractivity contribution is 5.85. The van der Waals surface area contributed by atoms with Gasteiger partial charge in [0.2, 0.25) is 0 Å². The lowest BCUT2D eigenvalue weighted by atomic mass is 10.1. The average molecular weight is 208 g/mol. The summed E-state index contributed by atoms with van der Waals surface area (Å²) in [4.78, 5) is 0. The number of benzene rings is 1. The highest BCUT2D eigenvalue weighted by Crippen LogP contribution is 2.16. The van der Waals surface area contributed by atoms with Gasteiger partial charge in [0.15, 0.2) is 11.6 Å². The van der Waals surface area contributed by atoms with E-state index in [2.05, 4.69) is 0 Å². The second-order valence-corrected chi connectivity index (χ2v) is 2.69. The molecule has 0 aliphatic carbocycles. The summed E-state index contributed by atoms with van der Waals surface area (Å²) in [5.41, 5.74) is 6.26. The first-order chi connectivity index (χ1) is 5.65. The van der Waals surface area contributed by atoms with Crippen molar-refractivity contribution in [2.45, 2.75) is 19.4 Å². The molecule has 0 aliphatic rings. The van der Waals surface area contributed by atoms with Gasteiger partial charge in [-0.25, -0.2) is 8.78 Å². The zero-order chi connectivity index (χ0) is 9.14. The van der Waals surface area contributed by atoms with Crippen LogP contribution in [0.4, 0.5) is 8.78 Å². The molecule has 1 atom stereocenters. The van der Waals surface area contributed by atoms with Crippen molar-refractivity contribution >= 4 is 12.4 Å². The third kappa shape index (κ3) is 2.94. The van der Waals surface area contributed by atoms with Crippen molar-refractivity contribution in [1.29, 1.82) is 0 Å². The fourth-order valence-corrected chi connectivity index (χ4v) is 0.979. The topological polar surface area (TPSA) is 26.0 Å².